The van der Waals surface area contributed by atoms with Gasteiger partial charge in [0.25, 0.3) is 0 Å². The zero-order chi connectivity index (χ0) is 40.0. The highest BCUT2D eigenvalue weighted by Gasteiger charge is 2.50. The first kappa shape index (κ1) is 40.7. The van der Waals surface area contributed by atoms with Gasteiger partial charge in [-0.05, 0) is 24.3 Å². The van der Waals surface area contributed by atoms with Crippen molar-refractivity contribution in [1.29, 1.82) is 0 Å². The molecule has 3 fully saturated rings. The fraction of sp³-hybridized carbons (Fsp3) is 0.545. The minimum Gasteiger partial charge on any atom is -0.504 e. The van der Waals surface area contributed by atoms with Gasteiger partial charge in [-0.2, -0.15) is 0 Å². The maximum atomic E-state index is 14.8. The highest BCUT2D eigenvalue weighted by molar-refractivity contribution is 6.14. The number of ether oxygens (including phenoxy) is 5. The molecule has 15 unspecified atom stereocenters. The number of allylic oxidation sites excluding steroid dienone is 1. The molecular weight excluding hydrogens is 748 g/mol. The summed E-state index contributed by atoms with van der Waals surface area (Å²) in [6.07, 6.45) is -27.6. The fourth-order valence-corrected chi connectivity index (χ4v) is 6.44. The lowest BCUT2D eigenvalue weighted by Crippen LogP contribution is -2.60. The van der Waals surface area contributed by atoms with E-state index in [1.165, 1.54) is 0 Å². The molecule has 0 bridgehead atoms. The monoisotopic (exact) mass is 788 g/mol. The third kappa shape index (κ3) is 7.51. The third-order valence-electron chi connectivity index (χ3n) is 9.58. The van der Waals surface area contributed by atoms with Crippen molar-refractivity contribution in [3.8, 4) is 23.0 Å². The highest BCUT2D eigenvalue weighted by atomic mass is 17.2. The predicted molar refractivity (Wildman–Crippen MR) is 171 cm³/mol. The van der Waals surface area contributed by atoms with Gasteiger partial charge >= 0.3 is 0 Å². The molecule has 0 saturated carbocycles. The summed E-state index contributed by atoms with van der Waals surface area (Å²) in [4.78, 5) is 25.8. The Morgan fingerprint density at radius 2 is 1.09 bits per heavy atom. The molecule has 0 aromatic heterocycles. The number of carbonyl (C=O) groups is 1. The Bertz CT molecular complexity index is 1730. The van der Waals surface area contributed by atoms with Gasteiger partial charge in [-0.1, -0.05) is 0 Å². The molecule has 0 radical (unpaired) electrons. The number of ketones is 1. The fourth-order valence-electron chi connectivity index (χ4n) is 6.44. The molecule has 2 aromatic rings. The van der Waals surface area contributed by atoms with Crippen molar-refractivity contribution in [2.75, 3.05) is 19.8 Å². The number of carbonyl (C=O) groups excluding carboxylic acids is 1. The van der Waals surface area contributed by atoms with Crippen LogP contribution in [0.5, 0.6) is 23.0 Å². The van der Waals surface area contributed by atoms with Crippen molar-refractivity contribution >= 4 is 11.5 Å². The van der Waals surface area contributed by atoms with E-state index >= 15 is 0 Å². The minimum atomic E-state index is -2.09. The summed E-state index contributed by atoms with van der Waals surface area (Å²) >= 11 is 0. The Balaban J connectivity index is 1.51. The molecule has 6 rings (SSSR count). The first-order chi connectivity index (χ1) is 26.1. The molecule has 22 heteroatoms. The van der Waals surface area contributed by atoms with E-state index in [0.717, 1.165) is 30.3 Å². The Morgan fingerprint density at radius 3 is 1.64 bits per heavy atom. The van der Waals surface area contributed by atoms with Gasteiger partial charge in [0, 0.05) is 17.2 Å². The van der Waals surface area contributed by atoms with Gasteiger partial charge in [-0.25, -0.2) is 0 Å². The molecule has 304 valence electrons. The van der Waals surface area contributed by atoms with E-state index in [1.54, 1.807) is 0 Å². The molecule has 14 N–H and O–H groups in total. The summed E-state index contributed by atoms with van der Waals surface area (Å²) in [7, 11) is 0. The van der Waals surface area contributed by atoms with Crippen LogP contribution in [0.3, 0.4) is 0 Å². The van der Waals surface area contributed by atoms with Crippen molar-refractivity contribution in [1.82, 2.24) is 0 Å². The zero-order valence-electron chi connectivity index (χ0n) is 28.2. The Labute approximate surface area is 308 Å². The lowest BCUT2D eigenvalue weighted by atomic mass is 9.87. The van der Waals surface area contributed by atoms with Gasteiger partial charge in [0.15, 0.2) is 17.2 Å². The number of hydrogen-bond acceptors (Lipinski definition) is 22. The van der Waals surface area contributed by atoms with E-state index < -0.39 is 163 Å². The quantitative estimate of drug-likeness (QED) is 0.0832. The van der Waals surface area contributed by atoms with Gasteiger partial charge in [0.1, 0.15) is 85.1 Å². The Morgan fingerprint density at radius 1 is 0.564 bits per heavy atom. The molecular formula is C33H40O22. The van der Waals surface area contributed by atoms with Crippen LogP contribution in [0.4, 0.5) is 0 Å². The first-order valence-electron chi connectivity index (χ1n) is 16.7. The maximum absolute atomic E-state index is 14.8. The van der Waals surface area contributed by atoms with Crippen LogP contribution < -0.4 is 9.62 Å². The number of Topliss-reactive ketones (excluding diaryl/α,β-unsaturated/α-hetero) is 1. The summed E-state index contributed by atoms with van der Waals surface area (Å²) in [5.74, 6) is -5.23. The van der Waals surface area contributed by atoms with E-state index in [4.69, 9.17) is 33.5 Å². The van der Waals surface area contributed by atoms with E-state index in [2.05, 4.69) is 0 Å². The Hall–Kier alpha value is -3.95. The number of rotatable bonds is 9. The second kappa shape index (κ2) is 16.3. The predicted octanol–water partition coefficient (Wildman–Crippen LogP) is -5.52. The third-order valence-corrected chi connectivity index (χ3v) is 9.58. The average Bonchev–Trinajstić information content (AvgIpc) is 3.30. The van der Waals surface area contributed by atoms with Gasteiger partial charge < -0.3 is 95.2 Å². The van der Waals surface area contributed by atoms with Crippen LogP contribution >= 0.6 is 0 Å². The zero-order valence-corrected chi connectivity index (χ0v) is 28.2. The number of fused-ring (bicyclic) bond motifs is 1. The molecule has 4 aliphatic heterocycles. The van der Waals surface area contributed by atoms with E-state index in [-0.39, 0.29) is 5.56 Å². The number of hydrogen-bond donors (Lipinski definition) is 14. The molecule has 0 aliphatic carbocycles. The summed E-state index contributed by atoms with van der Waals surface area (Å²) in [6, 6.07) is 4.97. The molecule has 0 spiro atoms. The molecule has 15 atom stereocenters. The summed E-state index contributed by atoms with van der Waals surface area (Å²) in [6.45, 7) is -2.62. The summed E-state index contributed by atoms with van der Waals surface area (Å²) < 4.78 is 28.1. The average molecular weight is 789 g/mol. The normalized spacial score (nSPS) is 38.0. The maximum Gasteiger partial charge on any atom is 0.236 e. The number of aromatic hydroxyl groups is 2. The van der Waals surface area contributed by atoms with Gasteiger partial charge in [-0.3, -0.25) is 14.6 Å². The molecule has 3 saturated heterocycles. The van der Waals surface area contributed by atoms with Gasteiger partial charge in [-0.15, -0.1) is 0 Å². The standard InChI is InChI=1S/C33H40O22/c34-6-15-19(39)23(43)26(46)30(50-15)11-4-10(49-32-27(47)24(44)20(40)16(7-35)51-32)5-14-18(11)22(42)31(29(55-54-14)9-1-2-12(37)13(38)3-9)53-33-28(48)25(45)21(41)17(8-36)52-33/h1-5,15-17,19-21,23-28,30,32-41,43-48H,6-8H2. The van der Waals surface area contributed by atoms with Crippen molar-refractivity contribution in [3.63, 3.8) is 0 Å². The number of phenols is 2. The molecule has 55 heavy (non-hydrogen) atoms. The largest absolute Gasteiger partial charge is 0.504 e. The molecule has 4 heterocycles. The van der Waals surface area contributed by atoms with Crippen molar-refractivity contribution in [2.45, 2.75) is 91.9 Å². The molecule has 22 nitrogen and oxygen atoms in total. The van der Waals surface area contributed by atoms with Crippen LogP contribution in [0, 0.1) is 0 Å². The van der Waals surface area contributed by atoms with Crippen LogP contribution in [-0.4, -0.2) is 183 Å². The summed E-state index contributed by atoms with van der Waals surface area (Å²) in [5.41, 5.74) is -1.31. The summed E-state index contributed by atoms with van der Waals surface area (Å²) in [5, 5.41) is 145. The van der Waals surface area contributed by atoms with Crippen molar-refractivity contribution in [3.05, 3.63) is 52.8 Å². The first-order valence-corrected chi connectivity index (χ1v) is 16.7. The number of phenolic OH excluding ortho intramolecular Hbond substituents is 2. The van der Waals surface area contributed by atoms with Crippen LogP contribution in [0.15, 0.2) is 36.1 Å². The highest BCUT2D eigenvalue weighted by Crippen LogP contribution is 2.45. The second-order valence-electron chi connectivity index (χ2n) is 13.1. The lowest BCUT2D eigenvalue weighted by molar-refractivity contribution is -0.290. The van der Waals surface area contributed by atoms with E-state index in [1.807, 2.05) is 0 Å². The van der Waals surface area contributed by atoms with Crippen molar-refractivity contribution in [2.24, 2.45) is 0 Å². The van der Waals surface area contributed by atoms with Crippen LogP contribution in [0.25, 0.3) is 5.76 Å². The van der Waals surface area contributed by atoms with Crippen LogP contribution in [-0.2, 0) is 23.8 Å². The number of aliphatic hydroxyl groups is 12. The molecule has 4 aliphatic rings. The van der Waals surface area contributed by atoms with E-state index in [0.29, 0.717) is 0 Å². The van der Waals surface area contributed by atoms with Crippen LogP contribution in [0.2, 0.25) is 0 Å². The Kier molecular flexibility index (Phi) is 12.0. The number of aliphatic hydroxyl groups excluding tert-OH is 12. The van der Waals surface area contributed by atoms with Crippen LogP contribution in [0.1, 0.15) is 27.6 Å². The SMILES string of the molecule is O=C1C(OC2OC(CO)C(O)C(O)C2O)=C(c2ccc(O)c(O)c2)OOc2cc(OC3OC(CO)C(O)C(O)C3O)cc(C3OC(CO)C(O)C(O)C3O)c21. The number of benzene rings is 2. The topological polar surface area (TPSA) is 365 Å². The second-order valence-corrected chi connectivity index (χ2v) is 13.1. The van der Waals surface area contributed by atoms with Gasteiger partial charge in [0.2, 0.25) is 29.9 Å². The molecule has 0 amide bonds. The molecule has 2 aromatic carbocycles. The lowest BCUT2D eigenvalue weighted by Gasteiger charge is -2.41. The smallest absolute Gasteiger partial charge is 0.236 e. The van der Waals surface area contributed by atoms with Crippen molar-refractivity contribution < 1.29 is 110 Å². The minimum absolute atomic E-state index is 0.233. The van der Waals surface area contributed by atoms with Gasteiger partial charge in [0.05, 0.1) is 25.4 Å². The van der Waals surface area contributed by atoms with E-state index in [9.17, 15) is 76.3 Å².